The molecule has 7 heteroatoms. The third-order valence-corrected chi connectivity index (χ3v) is 6.81. The van der Waals surface area contributed by atoms with Crippen LogP contribution < -0.4 is 5.56 Å². The van der Waals surface area contributed by atoms with Gasteiger partial charge in [-0.25, -0.2) is 4.68 Å². The third-order valence-electron chi connectivity index (χ3n) is 6.81. The molecule has 3 heterocycles. The molecule has 1 fully saturated rings. The summed E-state index contributed by atoms with van der Waals surface area (Å²) in [5.74, 6) is 1.27. The Labute approximate surface area is 193 Å². The monoisotopic (exact) mass is 442 g/mol. The zero-order chi connectivity index (χ0) is 22.9. The molecular weight excluding hydrogens is 412 g/mol. The lowest BCUT2D eigenvalue weighted by atomic mass is 9.95. The van der Waals surface area contributed by atoms with Crippen LogP contribution in [0.1, 0.15) is 53.9 Å². The van der Waals surface area contributed by atoms with E-state index < -0.39 is 0 Å². The molecule has 0 bridgehead atoms. The Morgan fingerprint density at radius 1 is 1.12 bits per heavy atom. The summed E-state index contributed by atoms with van der Waals surface area (Å²) in [5, 5.41) is 13.8. The first-order valence-electron chi connectivity index (χ1n) is 11.7. The topological polar surface area (TPSA) is 79.7 Å². The van der Waals surface area contributed by atoms with E-state index in [9.17, 15) is 4.79 Å². The molecular formula is C26H30N6O. The molecule has 2 aromatic carbocycles. The fourth-order valence-corrected chi connectivity index (χ4v) is 4.93. The maximum absolute atomic E-state index is 13.4. The molecule has 170 valence electrons. The Hall–Kier alpha value is -3.32. The van der Waals surface area contributed by atoms with E-state index in [1.165, 1.54) is 17.5 Å². The molecule has 0 saturated carbocycles. The van der Waals surface area contributed by atoms with Crippen LogP contribution in [0.2, 0.25) is 0 Å². The van der Waals surface area contributed by atoms with Gasteiger partial charge < -0.3 is 4.98 Å². The number of pyridine rings is 1. The fraction of sp³-hybridized carbons (Fsp3) is 0.385. The molecule has 7 nitrogen and oxygen atoms in total. The quantitative estimate of drug-likeness (QED) is 0.505. The second kappa shape index (κ2) is 8.90. The molecule has 1 saturated heterocycles. The van der Waals surface area contributed by atoms with Crippen molar-refractivity contribution >= 4 is 10.9 Å². The summed E-state index contributed by atoms with van der Waals surface area (Å²) >= 11 is 0. The molecule has 2 atom stereocenters. The minimum atomic E-state index is -0.304. The number of tetrazole rings is 1. The summed E-state index contributed by atoms with van der Waals surface area (Å²) in [4.78, 5) is 18.9. The van der Waals surface area contributed by atoms with Crippen LogP contribution in [0.15, 0.2) is 53.3 Å². The maximum atomic E-state index is 13.4. The predicted molar refractivity (Wildman–Crippen MR) is 129 cm³/mol. The van der Waals surface area contributed by atoms with Crippen molar-refractivity contribution in [3.8, 4) is 0 Å². The Morgan fingerprint density at radius 2 is 1.91 bits per heavy atom. The number of fused-ring (bicyclic) bond motifs is 1. The van der Waals surface area contributed by atoms with E-state index in [0.717, 1.165) is 36.0 Å². The molecule has 0 amide bonds. The van der Waals surface area contributed by atoms with E-state index in [-0.39, 0.29) is 11.6 Å². The minimum absolute atomic E-state index is 0.0803. The molecule has 1 N–H and O–H groups in total. The number of benzene rings is 2. The summed E-state index contributed by atoms with van der Waals surface area (Å²) in [6.45, 7) is 8.82. The van der Waals surface area contributed by atoms with E-state index >= 15 is 0 Å². The predicted octanol–water partition coefficient (Wildman–Crippen LogP) is 4.00. The van der Waals surface area contributed by atoms with Gasteiger partial charge in [0.25, 0.3) is 5.56 Å². The summed E-state index contributed by atoms with van der Waals surface area (Å²) in [6, 6.07) is 16.1. The molecule has 33 heavy (non-hydrogen) atoms. The van der Waals surface area contributed by atoms with Crippen LogP contribution in [-0.2, 0) is 6.54 Å². The van der Waals surface area contributed by atoms with Gasteiger partial charge in [0.05, 0.1) is 6.54 Å². The van der Waals surface area contributed by atoms with Crippen molar-refractivity contribution in [3.05, 3.63) is 87.0 Å². The van der Waals surface area contributed by atoms with Crippen molar-refractivity contribution in [1.82, 2.24) is 30.1 Å². The molecule has 4 aromatic rings. The number of hydrogen-bond acceptors (Lipinski definition) is 5. The first-order valence-corrected chi connectivity index (χ1v) is 11.7. The molecule has 2 aromatic heterocycles. The number of aryl methyl sites for hydroxylation is 2. The van der Waals surface area contributed by atoms with Crippen LogP contribution in [0.5, 0.6) is 0 Å². The van der Waals surface area contributed by atoms with Gasteiger partial charge in [0.15, 0.2) is 5.82 Å². The van der Waals surface area contributed by atoms with Gasteiger partial charge in [-0.2, -0.15) is 0 Å². The number of H-pyrrole nitrogens is 1. The second-order valence-electron chi connectivity index (χ2n) is 9.40. The first-order chi connectivity index (χ1) is 16.0. The van der Waals surface area contributed by atoms with E-state index in [1.807, 2.05) is 35.0 Å². The van der Waals surface area contributed by atoms with Crippen molar-refractivity contribution in [2.24, 2.45) is 5.92 Å². The van der Waals surface area contributed by atoms with Crippen LogP contribution in [0.25, 0.3) is 10.9 Å². The average Bonchev–Trinajstić information content (AvgIpc) is 3.24. The number of hydrogen-bond donors (Lipinski definition) is 1. The van der Waals surface area contributed by atoms with Crippen molar-refractivity contribution in [3.63, 3.8) is 0 Å². The van der Waals surface area contributed by atoms with Gasteiger partial charge in [0.2, 0.25) is 0 Å². The highest BCUT2D eigenvalue weighted by Gasteiger charge is 2.32. The molecule has 0 spiro atoms. The lowest BCUT2D eigenvalue weighted by Gasteiger charge is -2.36. The number of nitrogens with zero attached hydrogens (tertiary/aromatic N) is 5. The highest BCUT2D eigenvalue weighted by atomic mass is 16.1. The van der Waals surface area contributed by atoms with Crippen molar-refractivity contribution < 1.29 is 0 Å². The molecule has 0 radical (unpaired) electrons. The van der Waals surface area contributed by atoms with Crippen LogP contribution in [0.3, 0.4) is 0 Å². The molecule has 1 aliphatic heterocycles. The standard InChI is InChI=1S/C26H30N6O/c1-17-8-7-11-31(15-17)24(25-28-29-30-32(25)16-20-9-5-4-6-10-20)22-14-21-12-18(2)19(3)13-23(21)27-26(22)33/h4-6,9-10,12-14,17,24H,7-8,11,15-16H2,1-3H3,(H,27,33)/t17-,24-/m0/s1. The van der Waals surface area contributed by atoms with Crippen molar-refractivity contribution in [1.29, 1.82) is 0 Å². The van der Waals surface area contributed by atoms with Gasteiger partial charge in [-0.1, -0.05) is 37.3 Å². The van der Waals surface area contributed by atoms with Gasteiger partial charge >= 0.3 is 0 Å². The lowest BCUT2D eigenvalue weighted by molar-refractivity contribution is 0.141. The summed E-state index contributed by atoms with van der Waals surface area (Å²) < 4.78 is 1.84. The number of rotatable bonds is 5. The fourth-order valence-electron chi connectivity index (χ4n) is 4.93. The number of piperidine rings is 1. The van der Waals surface area contributed by atoms with Crippen LogP contribution in [0.4, 0.5) is 0 Å². The lowest BCUT2D eigenvalue weighted by Crippen LogP contribution is -2.41. The number of nitrogens with one attached hydrogen (secondary N) is 1. The molecule has 0 unspecified atom stereocenters. The summed E-state index contributed by atoms with van der Waals surface area (Å²) in [7, 11) is 0. The second-order valence-corrected chi connectivity index (χ2v) is 9.40. The summed E-state index contributed by atoms with van der Waals surface area (Å²) in [5.41, 5.74) is 4.97. The van der Waals surface area contributed by atoms with Crippen molar-refractivity contribution in [2.75, 3.05) is 13.1 Å². The molecule has 1 aliphatic rings. The van der Waals surface area contributed by atoms with Gasteiger partial charge in [-0.3, -0.25) is 9.69 Å². The highest BCUT2D eigenvalue weighted by molar-refractivity contribution is 5.81. The number of likely N-dealkylation sites (tertiary alicyclic amines) is 1. The third kappa shape index (κ3) is 4.33. The van der Waals surface area contributed by atoms with Gasteiger partial charge in [-0.15, -0.1) is 5.10 Å². The van der Waals surface area contributed by atoms with E-state index in [2.05, 4.69) is 64.4 Å². The molecule has 5 rings (SSSR count). The van der Waals surface area contributed by atoms with E-state index in [0.29, 0.717) is 23.9 Å². The SMILES string of the molecule is Cc1cc2cc([C@@H](c3nnnn3Cc3ccccc3)N3CCC[C@H](C)C3)c(=O)[nH]c2cc1C. The molecule has 0 aliphatic carbocycles. The number of aromatic amines is 1. The van der Waals surface area contributed by atoms with Crippen LogP contribution in [-0.4, -0.2) is 43.2 Å². The smallest absolute Gasteiger partial charge is 0.253 e. The first kappa shape index (κ1) is 21.5. The largest absolute Gasteiger partial charge is 0.322 e. The van der Waals surface area contributed by atoms with Crippen LogP contribution >= 0.6 is 0 Å². The normalized spacial score (nSPS) is 18.0. The maximum Gasteiger partial charge on any atom is 0.253 e. The van der Waals surface area contributed by atoms with Gasteiger partial charge in [0, 0.05) is 17.6 Å². The zero-order valence-electron chi connectivity index (χ0n) is 19.5. The van der Waals surface area contributed by atoms with Crippen LogP contribution in [0, 0.1) is 19.8 Å². The van der Waals surface area contributed by atoms with Gasteiger partial charge in [0.1, 0.15) is 6.04 Å². The van der Waals surface area contributed by atoms with Gasteiger partial charge in [-0.05, 0) is 89.9 Å². The van der Waals surface area contributed by atoms with E-state index in [1.54, 1.807) is 0 Å². The number of aromatic nitrogens is 5. The average molecular weight is 443 g/mol. The van der Waals surface area contributed by atoms with E-state index in [4.69, 9.17) is 0 Å². The summed E-state index contributed by atoms with van der Waals surface area (Å²) in [6.07, 6.45) is 2.30. The highest BCUT2D eigenvalue weighted by Crippen LogP contribution is 2.31. The van der Waals surface area contributed by atoms with Crippen molar-refractivity contribution in [2.45, 2.75) is 46.2 Å². The Kier molecular flexibility index (Phi) is 5.81. The Balaban J connectivity index is 1.64. The zero-order valence-corrected chi connectivity index (χ0v) is 19.5. The Bertz CT molecular complexity index is 1330. The minimum Gasteiger partial charge on any atom is -0.322 e. The Morgan fingerprint density at radius 3 is 2.70 bits per heavy atom.